The zero-order chi connectivity index (χ0) is 19.4. The first kappa shape index (κ1) is 18.5. The SMILES string of the molecule is O=C1NC(=O)N(C2CCCCC2)C(=O)C1=CC=Cc1ccccc1[N+](=O)[O-]. The summed E-state index contributed by atoms with van der Waals surface area (Å²) in [5.74, 6) is -1.38. The highest BCUT2D eigenvalue weighted by atomic mass is 16.6. The first-order chi connectivity index (χ1) is 13.0. The van der Waals surface area contributed by atoms with Gasteiger partial charge in [-0.05, 0) is 31.1 Å². The summed E-state index contributed by atoms with van der Waals surface area (Å²) >= 11 is 0. The van der Waals surface area contributed by atoms with Gasteiger partial charge >= 0.3 is 6.03 Å². The largest absolute Gasteiger partial charge is 0.331 e. The van der Waals surface area contributed by atoms with Crippen LogP contribution in [0.1, 0.15) is 37.7 Å². The van der Waals surface area contributed by atoms with Gasteiger partial charge in [-0.1, -0.05) is 37.5 Å². The predicted octanol–water partition coefficient (Wildman–Crippen LogP) is 2.95. The van der Waals surface area contributed by atoms with Crippen LogP contribution in [0.25, 0.3) is 6.08 Å². The van der Waals surface area contributed by atoms with Crippen molar-refractivity contribution in [2.24, 2.45) is 0 Å². The molecule has 1 heterocycles. The van der Waals surface area contributed by atoms with Crippen molar-refractivity contribution in [3.8, 4) is 0 Å². The molecule has 3 rings (SSSR count). The van der Waals surface area contributed by atoms with Crippen molar-refractivity contribution < 1.29 is 19.3 Å². The summed E-state index contributed by atoms with van der Waals surface area (Å²) < 4.78 is 0. The highest BCUT2D eigenvalue weighted by Gasteiger charge is 2.39. The average molecular weight is 369 g/mol. The summed E-state index contributed by atoms with van der Waals surface area (Å²) in [4.78, 5) is 48.6. The molecule has 1 saturated heterocycles. The van der Waals surface area contributed by atoms with Gasteiger partial charge in [0.2, 0.25) is 0 Å². The summed E-state index contributed by atoms with van der Waals surface area (Å²) in [5.41, 5.74) is 0.115. The first-order valence-corrected chi connectivity index (χ1v) is 8.79. The summed E-state index contributed by atoms with van der Waals surface area (Å²) in [7, 11) is 0. The lowest BCUT2D eigenvalue weighted by atomic mass is 9.93. The van der Waals surface area contributed by atoms with E-state index in [4.69, 9.17) is 0 Å². The highest BCUT2D eigenvalue weighted by Crippen LogP contribution is 2.26. The van der Waals surface area contributed by atoms with Crippen molar-refractivity contribution in [2.45, 2.75) is 38.1 Å². The lowest BCUT2D eigenvalue weighted by Gasteiger charge is -2.35. The molecule has 4 amide bonds. The van der Waals surface area contributed by atoms with E-state index in [1.165, 1.54) is 24.3 Å². The molecule has 1 aromatic carbocycles. The Morgan fingerprint density at radius 1 is 1.11 bits per heavy atom. The monoisotopic (exact) mass is 369 g/mol. The first-order valence-electron chi connectivity index (χ1n) is 8.79. The number of nitro benzene ring substituents is 1. The van der Waals surface area contributed by atoms with Gasteiger partial charge in [0.1, 0.15) is 5.57 Å². The molecule has 0 unspecified atom stereocenters. The summed E-state index contributed by atoms with van der Waals surface area (Å²) in [6.45, 7) is 0. The number of nitrogens with one attached hydrogen (secondary N) is 1. The Morgan fingerprint density at radius 2 is 1.81 bits per heavy atom. The standard InChI is InChI=1S/C19H19N3O5/c23-17-15(11-6-8-13-7-4-5-12-16(13)22(26)27)18(24)21(19(25)20-17)14-9-2-1-3-10-14/h4-8,11-12,14H,1-3,9-10H2,(H,20,23,25). The zero-order valence-corrected chi connectivity index (χ0v) is 14.6. The Kier molecular flexibility index (Phi) is 5.44. The number of barbiturate groups is 1. The zero-order valence-electron chi connectivity index (χ0n) is 14.6. The number of hydrogen-bond acceptors (Lipinski definition) is 5. The molecule has 2 fully saturated rings. The minimum absolute atomic E-state index is 0.0782. The fourth-order valence-corrected chi connectivity index (χ4v) is 3.40. The molecule has 0 radical (unpaired) electrons. The van der Waals surface area contributed by atoms with Crippen LogP contribution >= 0.6 is 0 Å². The fourth-order valence-electron chi connectivity index (χ4n) is 3.40. The number of carbonyl (C=O) groups is 3. The second kappa shape index (κ2) is 7.94. The second-order valence-electron chi connectivity index (χ2n) is 6.48. The van der Waals surface area contributed by atoms with Crippen molar-refractivity contribution in [1.82, 2.24) is 10.2 Å². The van der Waals surface area contributed by atoms with Crippen molar-refractivity contribution in [1.29, 1.82) is 0 Å². The van der Waals surface area contributed by atoms with Gasteiger partial charge in [0.05, 0.1) is 10.5 Å². The van der Waals surface area contributed by atoms with Crippen molar-refractivity contribution in [3.63, 3.8) is 0 Å². The van der Waals surface area contributed by atoms with Gasteiger partial charge in [-0.2, -0.15) is 0 Å². The average Bonchev–Trinajstić information content (AvgIpc) is 2.65. The van der Waals surface area contributed by atoms with Crippen molar-refractivity contribution in [3.05, 3.63) is 57.7 Å². The summed E-state index contributed by atoms with van der Waals surface area (Å²) in [5, 5.41) is 13.2. The van der Waals surface area contributed by atoms with Crippen LogP contribution in [0, 0.1) is 10.1 Å². The van der Waals surface area contributed by atoms with E-state index in [9.17, 15) is 24.5 Å². The van der Waals surface area contributed by atoms with E-state index in [1.807, 2.05) is 0 Å². The van der Waals surface area contributed by atoms with Crippen molar-refractivity contribution >= 4 is 29.6 Å². The molecule has 140 valence electrons. The number of benzene rings is 1. The molecule has 27 heavy (non-hydrogen) atoms. The number of amides is 4. The number of imide groups is 2. The third kappa shape index (κ3) is 3.94. The molecule has 0 spiro atoms. The van der Waals surface area contributed by atoms with E-state index in [0.29, 0.717) is 5.56 Å². The third-order valence-corrected chi connectivity index (χ3v) is 4.75. The maximum atomic E-state index is 12.7. The highest BCUT2D eigenvalue weighted by molar-refractivity contribution is 6.29. The smallest absolute Gasteiger partial charge is 0.273 e. The quantitative estimate of drug-likeness (QED) is 0.380. The number of para-hydroxylation sites is 1. The van der Waals surface area contributed by atoms with Crippen LogP contribution in [-0.2, 0) is 9.59 Å². The Morgan fingerprint density at radius 3 is 2.52 bits per heavy atom. The molecule has 1 N–H and O–H groups in total. The molecule has 0 aromatic heterocycles. The van der Waals surface area contributed by atoms with E-state index in [1.54, 1.807) is 18.2 Å². The normalized spacial score (nSPS) is 20.4. The van der Waals surface area contributed by atoms with Crippen LogP contribution < -0.4 is 5.32 Å². The molecule has 0 bridgehead atoms. The van der Waals surface area contributed by atoms with Gasteiger partial charge < -0.3 is 0 Å². The molecule has 2 aliphatic rings. The van der Waals surface area contributed by atoms with Crippen LogP contribution in [0.15, 0.2) is 42.0 Å². The number of nitro groups is 1. The number of rotatable bonds is 4. The van der Waals surface area contributed by atoms with E-state index >= 15 is 0 Å². The molecule has 1 aliphatic carbocycles. The van der Waals surface area contributed by atoms with Crippen LogP contribution in [0.4, 0.5) is 10.5 Å². The molecule has 0 atom stereocenters. The number of carbonyl (C=O) groups excluding carboxylic acids is 3. The van der Waals surface area contributed by atoms with Gasteiger partial charge in [0.15, 0.2) is 0 Å². The minimum Gasteiger partial charge on any atom is -0.273 e. The van der Waals surface area contributed by atoms with Crippen LogP contribution in [0.2, 0.25) is 0 Å². The van der Waals surface area contributed by atoms with Gasteiger partial charge in [-0.15, -0.1) is 0 Å². The number of allylic oxidation sites excluding steroid dienone is 2. The van der Waals surface area contributed by atoms with Gasteiger partial charge in [-0.25, -0.2) is 4.79 Å². The topological polar surface area (TPSA) is 110 Å². The Hall–Kier alpha value is -3.29. The lowest BCUT2D eigenvalue weighted by Crippen LogP contribution is -2.58. The Bertz CT molecular complexity index is 853. The minimum atomic E-state index is -0.760. The van der Waals surface area contributed by atoms with Gasteiger partial charge in [0, 0.05) is 12.1 Å². The lowest BCUT2D eigenvalue weighted by molar-refractivity contribution is -0.385. The number of hydrogen-bond donors (Lipinski definition) is 1. The molecule has 1 aliphatic heterocycles. The van der Waals surface area contributed by atoms with Crippen LogP contribution in [-0.4, -0.2) is 33.7 Å². The van der Waals surface area contributed by atoms with Gasteiger partial charge in [0.25, 0.3) is 17.5 Å². The molecular weight excluding hydrogens is 350 g/mol. The predicted molar refractivity (Wildman–Crippen MR) is 97.5 cm³/mol. The van der Waals surface area contributed by atoms with Crippen molar-refractivity contribution in [2.75, 3.05) is 0 Å². The van der Waals surface area contributed by atoms with E-state index < -0.39 is 22.8 Å². The summed E-state index contributed by atoms with van der Waals surface area (Å²) in [6, 6.07) is 5.25. The second-order valence-corrected chi connectivity index (χ2v) is 6.48. The molecular formula is C19H19N3O5. The Labute approximate surface area is 155 Å². The van der Waals surface area contributed by atoms with E-state index in [-0.39, 0.29) is 17.3 Å². The number of urea groups is 1. The number of nitrogens with zero attached hydrogens (tertiary/aromatic N) is 2. The fraction of sp³-hybridized carbons (Fsp3) is 0.316. The molecule has 8 heteroatoms. The molecule has 1 saturated carbocycles. The molecule has 8 nitrogen and oxygen atoms in total. The van der Waals surface area contributed by atoms with Crippen LogP contribution in [0.5, 0.6) is 0 Å². The maximum Gasteiger partial charge on any atom is 0.331 e. The summed E-state index contributed by atoms with van der Waals surface area (Å²) in [6.07, 6.45) is 8.55. The van der Waals surface area contributed by atoms with Gasteiger partial charge in [-0.3, -0.25) is 29.9 Å². The Balaban J connectivity index is 1.84. The maximum absolute atomic E-state index is 12.7. The van der Waals surface area contributed by atoms with E-state index in [2.05, 4.69) is 5.32 Å². The third-order valence-electron chi connectivity index (χ3n) is 4.75. The van der Waals surface area contributed by atoms with E-state index in [0.717, 1.165) is 37.0 Å². The van der Waals surface area contributed by atoms with Crippen LogP contribution in [0.3, 0.4) is 0 Å². The molecule has 1 aromatic rings.